The lowest BCUT2D eigenvalue weighted by atomic mass is 9.90. The molecule has 2 saturated heterocycles. The normalized spacial score (nSPS) is 24.6. The standard InChI is InChI=1S/C28H37FN4O2/c1-19-17-30-28(31-18-19)32-11-7-21(8-12-32)25-14-22(25)9-13-35-24-6-5-23(26(29)16-24)15-27(34)33-10-3-4-20(33)2/h5-6,16-18,20-22,25H,3-4,7-15H2,1-2H3/t20-,22+,25+/m0/s1. The second-order valence-corrected chi connectivity index (χ2v) is 10.7. The minimum atomic E-state index is -0.351. The van der Waals surface area contributed by atoms with Crippen LogP contribution in [0, 0.1) is 30.5 Å². The Balaban J connectivity index is 1.03. The summed E-state index contributed by atoms with van der Waals surface area (Å²) in [6.07, 6.45) is 10.6. The van der Waals surface area contributed by atoms with E-state index in [0.29, 0.717) is 23.8 Å². The molecule has 0 N–H and O–H groups in total. The van der Waals surface area contributed by atoms with Gasteiger partial charge in [0.2, 0.25) is 11.9 Å². The fraction of sp³-hybridized carbons (Fsp3) is 0.607. The number of halogens is 1. The molecule has 1 aromatic carbocycles. The highest BCUT2D eigenvalue weighted by Gasteiger charge is 2.43. The van der Waals surface area contributed by atoms with Crippen molar-refractivity contribution in [1.29, 1.82) is 0 Å². The summed E-state index contributed by atoms with van der Waals surface area (Å²) in [5, 5.41) is 0. The van der Waals surface area contributed by atoms with Gasteiger partial charge in [-0.2, -0.15) is 0 Å². The Bertz CT molecular complexity index is 1020. The molecular formula is C28H37FN4O2. The van der Waals surface area contributed by atoms with Gasteiger partial charge >= 0.3 is 0 Å². The van der Waals surface area contributed by atoms with Crippen LogP contribution in [-0.2, 0) is 11.2 Å². The van der Waals surface area contributed by atoms with Crippen LogP contribution in [-0.4, -0.2) is 53.1 Å². The summed E-state index contributed by atoms with van der Waals surface area (Å²) >= 11 is 0. The zero-order valence-electron chi connectivity index (χ0n) is 21.0. The first-order chi connectivity index (χ1) is 17.0. The summed E-state index contributed by atoms with van der Waals surface area (Å²) < 4.78 is 20.5. The molecule has 0 bridgehead atoms. The highest BCUT2D eigenvalue weighted by atomic mass is 19.1. The van der Waals surface area contributed by atoms with Crippen LogP contribution in [0.25, 0.3) is 0 Å². The minimum absolute atomic E-state index is 0.0135. The summed E-state index contributed by atoms with van der Waals surface area (Å²) in [4.78, 5) is 25.6. The molecule has 0 radical (unpaired) electrons. The van der Waals surface area contributed by atoms with Crippen molar-refractivity contribution >= 4 is 11.9 Å². The van der Waals surface area contributed by atoms with Crippen molar-refractivity contribution in [1.82, 2.24) is 14.9 Å². The molecule has 7 heteroatoms. The van der Waals surface area contributed by atoms with Gasteiger partial charge in [0.25, 0.3) is 0 Å². The molecule has 35 heavy (non-hydrogen) atoms. The predicted octanol–water partition coefficient (Wildman–Crippen LogP) is 4.80. The Hall–Kier alpha value is -2.70. The Morgan fingerprint density at radius 2 is 1.91 bits per heavy atom. The fourth-order valence-electron chi connectivity index (χ4n) is 5.91. The monoisotopic (exact) mass is 480 g/mol. The quantitative estimate of drug-likeness (QED) is 0.543. The van der Waals surface area contributed by atoms with E-state index in [2.05, 4.69) is 21.8 Å². The number of rotatable bonds is 8. The van der Waals surface area contributed by atoms with Gasteiger partial charge in [-0.1, -0.05) is 6.07 Å². The molecule has 3 aliphatic rings. The van der Waals surface area contributed by atoms with E-state index in [4.69, 9.17) is 4.74 Å². The lowest BCUT2D eigenvalue weighted by molar-refractivity contribution is -0.131. The smallest absolute Gasteiger partial charge is 0.227 e. The van der Waals surface area contributed by atoms with E-state index in [1.54, 1.807) is 12.1 Å². The summed E-state index contributed by atoms with van der Waals surface area (Å²) in [6, 6.07) is 5.19. The average molecular weight is 481 g/mol. The number of piperidine rings is 1. The largest absolute Gasteiger partial charge is 0.493 e. The van der Waals surface area contributed by atoms with Gasteiger partial charge in [-0.05, 0) is 87.3 Å². The maximum atomic E-state index is 14.6. The molecule has 2 aliphatic heterocycles. The molecular weight excluding hydrogens is 443 g/mol. The molecule has 2 aromatic rings. The number of ether oxygens (including phenoxy) is 1. The van der Waals surface area contributed by atoms with E-state index in [9.17, 15) is 9.18 Å². The SMILES string of the molecule is Cc1cnc(N2CCC([C@H]3C[C@H]3CCOc3ccc(CC(=O)N4CCC[C@@H]4C)c(F)c3)CC2)nc1. The third-order valence-corrected chi connectivity index (χ3v) is 8.17. The molecule has 1 saturated carbocycles. The van der Waals surface area contributed by atoms with E-state index in [1.165, 1.54) is 25.3 Å². The van der Waals surface area contributed by atoms with Crippen LogP contribution >= 0.6 is 0 Å². The second kappa shape index (κ2) is 10.5. The molecule has 3 heterocycles. The van der Waals surface area contributed by atoms with Crippen molar-refractivity contribution in [2.75, 3.05) is 31.1 Å². The van der Waals surface area contributed by atoms with Crippen LogP contribution in [0.15, 0.2) is 30.6 Å². The number of amides is 1. The van der Waals surface area contributed by atoms with E-state index in [-0.39, 0.29) is 24.2 Å². The molecule has 3 fully saturated rings. The Labute approximate surface area is 207 Å². The Kier molecular flexibility index (Phi) is 7.21. The minimum Gasteiger partial charge on any atom is -0.493 e. The van der Waals surface area contributed by atoms with Crippen molar-refractivity contribution in [3.63, 3.8) is 0 Å². The number of aromatic nitrogens is 2. The number of likely N-dealkylation sites (tertiary alicyclic amines) is 1. The number of nitrogens with zero attached hydrogens (tertiary/aromatic N) is 4. The van der Waals surface area contributed by atoms with Gasteiger partial charge in [0.15, 0.2) is 0 Å². The van der Waals surface area contributed by atoms with Crippen LogP contribution < -0.4 is 9.64 Å². The molecule has 6 nitrogen and oxygen atoms in total. The number of carbonyl (C=O) groups excluding carboxylic acids is 1. The van der Waals surface area contributed by atoms with Gasteiger partial charge in [-0.25, -0.2) is 14.4 Å². The van der Waals surface area contributed by atoms with Gasteiger partial charge < -0.3 is 14.5 Å². The molecule has 0 unspecified atom stereocenters. The lowest BCUT2D eigenvalue weighted by Crippen LogP contribution is -2.35. The van der Waals surface area contributed by atoms with Gasteiger partial charge in [0.05, 0.1) is 13.0 Å². The number of aryl methyl sites for hydroxylation is 1. The van der Waals surface area contributed by atoms with Crippen molar-refractivity contribution in [3.05, 3.63) is 47.5 Å². The van der Waals surface area contributed by atoms with Crippen molar-refractivity contribution in [2.45, 2.75) is 64.8 Å². The topological polar surface area (TPSA) is 58.6 Å². The summed E-state index contributed by atoms with van der Waals surface area (Å²) in [6.45, 7) is 7.52. The molecule has 3 atom stereocenters. The van der Waals surface area contributed by atoms with Gasteiger partial charge in [0, 0.05) is 44.1 Å². The molecule has 1 amide bonds. The van der Waals surface area contributed by atoms with E-state index >= 15 is 0 Å². The van der Waals surface area contributed by atoms with E-state index < -0.39 is 0 Å². The number of hydrogen-bond acceptors (Lipinski definition) is 5. The highest BCUT2D eigenvalue weighted by Crippen LogP contribution is 2.49. The van der Waals surface area contributed by atoms with Crippen LogP contribution in [0.2, 0.25) is 0 Å². The maximum absolute atomic E-state index is 14.6. The Morgan fingerprint density at radius 3 is 2.60 bits per heavy atom. The zero-order valence-corrected chi connectivity index (χ0v) is 21.0. The van der Waals surface area contributed by atoms with Crippen molar-refractivity contribution in [2.24, 2.45) is 17.8 Å². The summed E-state index contributed by atoms with van der Waals surface area (Å²) in [7, 11) is 0. The Morgan fingerprint density at radius 1 is 1.14 bits per heavy atom. The summed E-state index contributed by atoms with van der Waals surface area (Å²) in [5.41, 5.74) is 1.54. The molecule has 188 valence electrons. The van der Waals surface area contributed by atoms with Crippen molar-refractivity contribution in [3.8, 4) is 5.75 Å². The fourth-order valence-corrected chi connectivity index (χ4v) is 5.91. The van der Waals surface area contributed by atoms with Gasteiger partial charge in [0.1, 0.15) is 11.6 Å². The maximum Gasteiger partial charge on any atom is 0.227 e. The number of carbonyl (C=O) groups is 1. The first-order valence-corrected chi connectivity index (χ1v) is 13.2. The lowest BCUT2D eigenvalue weighted by Gasteiger charge is -2.32. The number of hydrogen-bond donors (Lipinski definition) is 0. The third-order valence-electron chi connectivity index (χ3n) is 8.17. The number of benzene rings is 1. The summed E-state index contributed by atoms with van der Waals surface area (Å²) in [5.74, 6) is 3.34. The first kappa shape index (κ1) is 24.0. The van der Waals surface area contributed by atoms with E-state index in [0.717, 1.165) is 62.2 Å². The molecule has 0 spiro atoms. The van der Waals surface area contributed by atoms with Gasteiger partial charge in [-0.15, -0.1) is 0 Å². The predicted molar refractivity (Wildman–Crippen MR) is 134 cm³/mol. The second-order valence-electron chi connectivity index (χ2n) is 10.7. The van der Waals surface area contributed by atoms with Gasteiger partial charge in [-0.3, -0.25) is 4.79 Å². The number of anilines is 1. The van der Waals surface area contributed by atoms with Crippen LogP contribution in [0.1, 0.15) is 56.6 Å². The molecule has 1 aromatic heterocycles. The zero-order chi connectivity index (χ0) is 24.4. The third kappa shape index (κ3) is 5.76. The van der Waals surface area contributed by atoms with E-state index in [1.807, 2.05) is 24.2 Å². The van der Waals surface area contributed by atoms with Crippen molar-refractivity contribution < 1.29 is 13.9 Å². The highest BCUT2D eigenvalue weighted by molar-refractivity contribution is 5.79. The molecule has 5 rings (SSSR count). The van der Waals surface area contributed by atoms with Crippen LogP contribution in [0.4, 0.5) is 10.3 Å². The van der Waals surface area contributed by atoms with Crippen LogP contribution in [0.5, 0.6) is 5.75 Å². The average Bonchev–Trinajstić information content (AvgIpc) is 3.50. The molecule has 1 aliphatic carbocycles. The van der Waals surface area contributed by atoms with Crippen LogP contribution in [0.3, 0.4) is 0 Å². The first-order valence-electron chi connectivity index (χ1n) is 13.2.